The standard InChI is InChI=1S/C11H18O5/c1-4-16-11(15-3)6-5-9(12)8(7-11)10(13)14-2/h8H,4-7H2,1-3H3. The Kier molecular flexibility index (Phi) is 4.44. The third-order valence-corrected chi connectivity index (χ3v) is 2.92. The average Bonchev–Trinajstić information content (AvgIpc) is 2.31. The van der Waals surface area contributed by atoms with Gasteiger partial charge in [-0.25, -0.2) is 0 Å². The van der Waals surface area contributed by atoms with Gasteiger partial charge in [-0.2, -0.15) is 0 Å². The van der Waals surface area contributed by atoms with Crippen LogP contribution < -0.4 is 0 Å². The molecule has 0 spiro atoms. The first-order chi connectivity index (χ1) is 7.58. The van der Waals surface area contributed by atoms with E-state index in [0.717, 1.165) is 0 Å². The van der Waals surface area contributed by atoms with Crippen molar-refractivity contribution in [1.29, 1.82) is 0 Å². The second-order valence-corrected chi connectivity index (χ2v) is 3.79. The van der Waals surface area contributed by atoms with Gasteiger partial charge in [0, 0.05) is 33.0 Å². The minimum Gasteiger partial charge on any atom is -0.468 e. The molecule has 0 N–H and O–H groups in total. The van der Waals surface area contributed by atoms with E-state index in [1.54, 1.807) is 0 Å². The summed E-state index contributed by atoms with van der Waals surface area (Å²) in [5, 5.41) is 0. The number of Topliss-reactive ketones (excluding diaryl/α,β-unsaturated/α-hetero) is 1. The molecule has 5 nitrogen and oxygen atoms in total. The Bertz CT molecular complexity index is 268. The fourth-order valence-electron chi connectivity index (χ4n) is 2.01. The zero-order chi connectivity index (χ0) is 12.2. The van der Waals surface area contributed by atoms with Crippen molar-refractivity contribution >= 4 is 11.8 Å². The van der Waals surface area contributed by atoms with Gasteiger partial charge in [0.05, 0.1) is 7.11 Å². The van der Waals surface area contributed by atoms with Gasteiger partial charge >= 0.3 is 5.97 Å². The first-order valence-corrected chi connectivity index (χ1v) is 5.38. The topological polar surface area (TPSA) is 61.8 Å². The van der Waals surface area contributed by atoms with Crippen LogP contribution in [0.25, 0.3) is 0 Å². The highest BCUT2D eigenvalue weighted by molar-refractivity contribution is 5.99. The lowest BCUT2D eigenvalue weighted by atomic mass is 9.83. The fraction of sp³-hybridized carbons (Fsp3) is 0.818. The predicted octanol–water partition coefficient (Wildman–Crippen LogP) is 0.908. The molecular formula is C11H18O5. The Hall–Kier alpha value is -0.940. The summed E-state index contributed by atoms with van der Waals surface area (Å²) in [4.78, 5) is 23.0. The van der Waals surface area contributed by atoms with Crippen LogP contribution in [-0.4, -0.2) is 38.4 Å². The summed E-state index contributed by atoms with van der Waals surface area (Å²) in [6.45, 7) is 2.33. The molecule has 92 valence electrons. The molecule has 0 aromatic carbocycles. The summed E-state index contributed by atoms with van der Waals surface area (Å²) >= 11 is 0. The molecule has 0 aromatic heterocycles. The lowest BCUT2D eigenvalue weighted by molar-refractivity contribution is -0.241. The number of carbonyl (C=O) groups excluding carboxylic acids is 2. The summed E-state index contributed by atoms with van der Waals surface area (Å²) in [5.41, 5.74) is 0. The molecule has 1 aliphatic carbocycles. The van der Waals surface area contributed by atoms with Crippen molar-refractivity contribution in [3.8, 4) is 0 Å². The molecule has 0 heterocycles. The van der Waals surface area contributed by atoms with Gasteiger partial charge in [-0.15, -0.1) is 0 Å². The number of esters is 1. The maximum atomic E-state index is 11.6. The third kappa shape index (κ3) is 2.59. The van der Waals surface area contributed by atoms with Crippen molar-refractivity contribution in [3.05, 3.63) is 0 Å². The van der Waals surface area contributed by atoms with Gasteiger partial charge in [-0.3, -0.25) is 9.59 Å². The van der Waals surface area contributed by atoms with Crippen LogP contribution in [0, 0.1) is 5.92 Å². The maximum absolute atomic E-state index is 11.6. The van der Waals surface area contributed by atoms with E-state index in [0.29, 0.717) is 13.0 Å². The number of carbonyl (C=O) groups is 2. The van der Waals surface area contributed by atoms with Crippen LogP contribution in [0.1, 0.15) is 26.2 Å². The van der Waals surface area contributed by atoms with E-state index in [1.807, 2.05) is 6.92 Å². The van der Waals surface area contributed by atoms with Gasteiger partial charge in [0.25, 0.3) is 0 Å². The van der Waals surface area contributed by atoms with E-state index in [-0.39, 0.29) is 18.6 Å². The van der Waals surface area contributed by atoms with Crippen LogP contribution >= 0.6 is 0 Å². The normalized spacial score (nSPS) is 30.2. The molecule has 5 heteroatoms. The van der Waals surface area contributed by atoms with Gasteiger partial charge in [0.15, 0.2) is 5.79 Å². The van der Waals surface area contributed by atoms with Crippen molar-refractivity contribution in [3.63, 3.8) is 0 Å². The Balaban J connectivity index is 2.79. The van der Waals surface area contributed by atoms with Crippen molar-refractivity contribution in [2.75, 3.05) is 20.8 Å². The highest BCUT2D eigenvalue weighted by Crippen LogP contribution is 2.34. The molecule has 0 amide bonds. The lowest BCUT2D eigenvalue weighted by Gasteiger charge is -2.37. The van der Waals surface area contributed by atoms with E-state index < -0.39 is 17.7 Å². The average molecular weight is 230 g/mol. The maximum Gasteiger partial charge on any atom is 0.316 e. The highest BCUT2D eigenvalue weighted by Gasteiger charge is 2.44. The molecule has 16 heavy (non-hydrogen) atoms. The highest BCUT2D eigenvalue weighted by atomic mass is 16.7. The van der Waals surface area contributed by atoms with Crippen molar-refractivity contribution < 1.29 is 23.8 Å². The summed E-state index contributed by atoms with van der Waals surface area (Å²) < 4.78 is 15.4. The zero-order valence-electron chi connectivity index (χ0n) is 9.95. The van der Waals surface area contributed by atoms with Crippen LogP contribution in [0.4, 0.5) is 0 Å². The molecule has 0 bridgehead atoms. The van der Waals surface area contributed by atoms with Crippen molar-refractivity contribution in [1.82, 2.24) is 0 Å². The molecule has 0 aliphatic heterocycles. The van der Waals surface area contributed by atoms with E-state index in [9.17, 15) is 9.59 Å². The number of methoxy groups -OCH3 is 2. The summed E-state index contributed by atoms with van der Waals surface area (Å²) in [6, 6.07) is 0. The Morgan fingerprint density at radius 1 is 1.50 bits per heavy atom. The van der Waals surface area contributed by atoms with E-state index in [4.69, 9.17) is 9.47 Å². The van der Waals surface area contributed by atoms with Crippen LogP contribution in [0.3, 0.4) is 0 Å². The lowest BCUT2D eigenvalue weighted by Crippen LogP contribution is -2.46. The predicted molar refractivity (Wildman–Crippen MR) is 55.7 cm³/mol. The molecular weight excluding hydrogens is 212 g/mol. The first kappa shape index (κ1) is 13.1. The number of ether oxygens (including phenoxy) is 3. The van der Waals surface area contributed by atoms with Crippen LogP contribution in [0.5, 0.6) is 0 Å². The Labute approximate surface area is 95.0 Å². The SMILES string of the molecule is CCOC1(OC)CCC(=O)C(C(=O)OC)C1. The van der Waals surface area contributed by atoms with Crippen molar-refractivity contribution in [2.24, 2.45) is 5.92 Å². The number of hydrogen-bond donors (Lipinski definition) is 0. The van der Waals surface area contributed by atoms with Crippen LogP contribution in [-0.2, 0) is 23.8 Å². The minimum absolute atomic E-state index is 0.0979. The molecule has 0 aromatic rings. The van der Waals surface area contributed by atoms with Gasteiger partial charge in [-0.05, 0) is 6.92 Å². The largest absolute Gasteiger partial charge is 0.468 e. The number of ketones is 1. The minimum atomic E-state index is -0.818. The Morgan fingerprint density at radius 2 is 2.19 bits per heavy atom. The quantitative estimate of drug-likeness (QED) is 0.408. The van der Waals surface area contributed by atoms with E-state index in [1.165, 1.54) is 14.2 Å². The van der Waals surface area contributed by atoms with Gasteiger partial charge in [-0.1, -0.05) is 0 Å². The molecule has 1 fully saturated rings. The monoisotopic (exact) mass is 230 g/mol. The van der Waals surface area contributed by atoms with Gasteiger partial charge in [0.1, 0.15) is 11.7 Å². The second-order valence-electron chi connectivity index (χ2n) is 3.79. The summed E-state index contributed by atoms with van der Waals surface area (Å²) in [7, 11) is 2.80. The molecule has 0 saturated heterocycles. The smallest absolute Gasteiger partial charge is 0.316 e. The molecule has 0 radical (unpaired) electrons. The number of hydrogen-bond acceptors (Lipinski definition) is 5. The van der Waals surface area contributed by atoms with Gasteiger partial charge in [0.2, 0.25) is 0 Å². The van der Waals surface area contributed by atoms with Gasteiger partial charge < -0.3 is 14.2 Å². The van der Waals surface area contributed by atoms with Crippen molar-refractivity contribution in [2.45, 2.75) is 32.0 Å². The first-order valence-electron chi connectivity index (χ1n) is 5.38. The molecule has 2 unspecified atom stereocenters. The second kappa shape index (κ2) is 5.41. The Morgan fingerprint density at radius 3 is 2.69 bits per heavy atom. The summed E-state index contributed by atoms with van der Waals surface area (Å²) in [5.74, 6) is -2.18. The molecule has 2 atom stereocenters. The fourth-order valence-corrected chi connectivity index (χ4v) is 2.01. The molecule has 1 saturated carbocycles. The van der Waals surface area contributed by atoms with Crippen LogP contribution in [0.15, 0.2) is 0 Å². The molecule has 1 rings (SSSR count). The van der Waals surface area contributed by atoms with Crippen LogP contribution in [0.2, 0.25) is 0 Å². The summed E-state index contributed by atoms with van der Waals surface area (Å²) in [6.07, 6.45) is 1.01. The molecule has 1 aliphatic rings. The zero-order valence-corrected chi connectivity index (χ0v) is 9.95. The van der Waals surface area contributed by atoms with E-state index in [2.05, 4.69) is 4.74 Å². The third-order valence-electron chi connectivity index (χ3n) is 2.92. The van der Waals surface area contributed by atoms with E-state index >= 15 is 0 Å². The number of rotatable bonds is 4.